The molecule has 0 saturated heterocycles. The van der Waals surface area contributed by atoms with Crippen LogP contribution >= 0.6 is 11.6 Å². The molecule has 1 heterocycles. The molecule has 2 saturated carbocycles. The van der Waals surface area contributed by atoms with Crippen molar-refractivity contribution < 1.29 is 19.8 Å². The van der Waals surface area contributed by atoms with Crippen LogP contribution in [0.3, 0.4) is 0 Å². The zero-order valence-corrected chi connectivity index (χ0v) is 19.4. The average molecular weight is 474 g/mol. The Bertz CT molecular complexity index is 1380. The van der Waals surface area contributed by atoms with Gasteiger partial charge in [-0.05, 0) is 72.2 Å². The molecule has 1 spiro atoms. The molecule has 0 radical (unpaired) electrons. The smallest absolute Gasteiger partial charge is 0.335 e. The predicted octanol–water partition coefficient (Wildman–Crippen LogP) is 5.41. The lowest BCUT2D eigenvalue weighted by molar-refractivity contribution is -0.118. The van der Waals surface area contributed by atoms with E-state index in [9.17, 15) is 19.8 Å². The van der Waals surface area contributed by atoms with E-state index in [0.717, 1.165) is 46.3 Å². The standard InChI is InChI=1S/C28H24ClNO4/c1-15-2-3-17(10-19(15)25(32)33)22-13-28(22)21-11-20(23(29)12-24(21)30-26(28)34)16-4-6-18(7-5-16)27(14-31)8-9-27/h2-7,10-12,22,31H,8-9,13-14H2,1H3,(H,30,34)(H,32,33). The van der Waals surface area contributed by atoms with E-state index in [0.29, 0.717) is 17.0 Å². The van der Waals surface area contributed by atoms with Crippen molar-refractivity contribution in [1.82, 2.24) is 0 Å². The number of aromatic carboxylic acids is 1. The van der Waals surface area contributed by atoms with Gasteiger partial charge in [-0.1, -0.05) is 48.0 Å². The first-order valence-electron chi connectivity index (χ1n) is 11.5. The second-order valence-corrected chi connectivity index (χ2v) is 10.4. The van der Waals surface area contributed by atoms with Crippen molar-refractivity contribution in [3.05, 3.63) is 87.4 Å². The van der Waals surface area contributed by atoms with Crippen LogP contribution in [0.15, 0.2) is 54.6 Å². The molecule has 6 heteroatoms. The number of benzene rings is 3. The number of carbonyl (C=O) groups is 2. The van der Waals surface area contributed by atoms with E-state index in [1.807, 2.05) is 36.4 Å². The third kappa shape index (κ3) is 2.97. The Morgan fingerprint density at radius 3 is 2.50 bits per heavy atom. The van der Waals surface area contributed by atoms with Crippen LogP contribution in [0, 0.1) is 6.92 Å². The minimum absolute atomic E-state index is 0.0628. The molecule has 3 N–H and O–H groups in total. The topological polar surface area (TPSA) is 86.6 Å². The van der Waals surface area contributed by atoms with Crippen LogP contribution < -0.4 is 5.32 Å². The van der Waals surface area contributed by atoms with Crippen molar-refractivity contribution in [2.75, 3.05) is 11.9 Å². The van der Waals surface area contributed by atoms with Gasteiger partial charge in [0.1, 0.15) is 0 Å². The highest BCUT2D eigenvalue weighted by atomic mass is 35.5. The van der Waals surface area contributed by atoms with E-state index >= 15 is 0 Å². The van der Waals surface area contributed by atoms with Crippen molar-refractivity contribution in [1.29, 1.82) is 0 Å². The van der Waals surface area contributed by atoms with E-state index in [-0.39, 0.29) is 29.4 Å². The number of rotatable bonds is 5. The molecule has 5 nitrogen and oxygen atoms in total. The molecule has 3 aromatic carbocycles. The average Bonchev–Trinajstić information content (AvgIpc) is 3.73. The molecule has 2 unspecified atom stereocenters. The number of carboxylic acids is 1. The number of nitrogens with one attached hydrogen (secondary N) is 1. The largest absolute Gasteiger partial charge is 0.478 e. The van der Waals surface area contributed by atoms with Crippen molar-refractivity contribution in [3.63, 3.8) is 0 Å². The van der Waals surface area contributed by atoms with E-state index in [1.165, 1.54) is 0 Å². The van der Waals surface area contributed by atoms with Crippen LogP contribution in [0.4, 0.5) is 5.69 Å². The number of fused-ring (bicyclic) bond motifs is 2. The number of aliphatic hydroxyl groups is 1. The monoisotopic (exact) mass is 473 g/mol. The van der Waals surface area contributed by atoms with Gasteiger partial charge in [-0.2, -0.15) is 0 Å². The van der Waals surface area contributed by atoms with Crippen molar-refractivity contribution in [3.8, 4) is 11.1 Å². The van der Waals surface area contributed by atoms with E-state index in [4.69, 9.17) is 11.6 Å². The predicted molar refractivity (Wildman–Crippen MR) is 131 cm³/mol. The number of hydrogen-bond donors (Lipinski definition) is 3. The first-order valence-corrected chi connectivity index (χ1v) is 11.9. The Morgan fingerprint density at radius 1 is 1.12 bits per heavy atom. The molecule has 1 aliphatic heterocycles. The van der Waals surface area contributed by atoms with Crippen molar-refractivity contribution in [2.45, 2.75) is 42.9 Å². The quantitative estimate of drug-likeness (QED) is 0.462. The molecule has 2 fully saturated rings. The van der Waals surface area contributed by atoms with E-state index in [1.54, 1.807) is 13.0 Å². The van der Waals surface area contributed by atoms with Gasteiger partial charge in [-0.3, -0.25) is 4.79 Å². The Labute approximate surface area is 202 Å². The summed E-state index contributed by atoms with van der Waals surface area (Å²) in [5.41, 5.74) is 5.64. The summed E-state index contributed by atoms with van der Waals surface area (Å²) in [5, 5.41) is 22.8. The molecule has 2 atom stereocenters. The summed E-state index contributed by atoms with van der Waals surface area (Å²) in [6.45, 7) is 1.94. The normalized spacial score (nSPS) is 23.5. The first kappa shape index (κ1) is 21.4. The van der Waals surface area contributed by atoms with Crippen molar-refractivity contribution >= 4 is 29.2 Å². The summed E-state index contributed by atoms with van der Waals surface area (Å²) < 4.78 is 0. The van der Waals surface area contributed by atoms with E-state index in [2.05, 4.69) is 17.4 Å². The van der Waals surface area contributed by atoms with Gasteiger partial charge in [0, 0.05) is 22.6 Å². The fourth-order valence-electron chi connectivity index (χ4n) is 5.62. The number of aliphatic hydroxyl groups excluding tert-OH is 1. The molecule has 3 aromatic rings. The maximum atomic E-state index is 13.1. The van der Waals surface area contributed by atoms with Crippen LogP contribution in [0.25, 0.3) is 11.1 Å². The summed E-state index contributed by atoms with van der Waals surface area (Å²) in [5.74, 6) is -1.10. The van der Waals surface area contributed by atoms with Gasteiger partial charge in [0.25, 0.3) is 0 Å². The minimum Gasteiger partial charge on any atom is -0.478 e. The van der Waals surface area contributed by atoms with E-state index < -0.39 is 11.4 Å². The Morgan fingerprint density at radius 2 is 1.85 bits per heavy atom. The number of anilines is 1. The van der Waals surface area contributed by atoms with Gasteiger partial charge < -0.3 is 15.5 Å². The van der Waals surface area contributed by atoms with Crippen LogP contribution in [0.2, 0.25) is 5.02 Å². The van der Waals surface area contributed by atoms with Gasteiger partial charge in [0.2, 0.25) is 5.91 Å². The molecule has 172 valence electrons. The number of halogens is 1. The lowest BCUT2D eigenvalue weighted by Gasteiger charge is -2.15. The van der Waals surface area contributed by atoms with Crippen LogP contribution in [0.1, 0.15) is 57.8 Å². The van der Waals surface area contributed by atoms with Crippen molar-refractivity contribution in [2.24, 2.45) is 0 Å². The Hall–Kier alpha value is -3.15. The fourth-order valence-corrected chi connectivity index (χ4v) is 5.89. The highest BCUT2D eigenvalue weighted by Gasteiger charge is 2.65. The molecule has 0 bridgehead atoms. The molecule has 2 aliphatic carbocycles. The number of carbonyl (C=O) groups excluding carboxylic acids is 1. The van der Waals surface area contributed by atoms with Crippen LogP contribution in [0.5, 0.6) is 0 Å². The first-order chi connectivity index (χ1) is 16.3. The van der Waals surface area contributed by atoms with Crippen LogP contribution in [-0.4, -0.2) is 28.7 Å². The lowest BCUT2D eigenvalue weighted by Crippen LogP contribution is -2.21. The maximum absolute atomic E-state index is 13.1. The third-order valence-electron chi connectivity index (χ3n) is 8.06. The number of hydrogen-bond acceptors (Lipinski definition) is 3. The SMILES string of the molecule is Cc1ccc(C2CC23C(=O)Nc2cc(Cl)c(-c4ccc(C5(CO)CC5)cc4)cc23)cc1C(=O)O. The number of amides is 1. The fraction of sp³-hybridized carbons (Fsp3) is 0.286. The summed E-state index contributed by atoms with van der Waals surface area (Å²) in [6, 6.07) is 17.4. The zero-order chi connectivity index (χ0) is 23.8. The molecule has 3 aliphatic rings. The Kier molecular flexibility index (Phi) is 4.51. The second kappa shape index (κ2) is 7.17. The highest BCUT2D eigenvalue weighted by molar-refractivity contribution is 6.34. The molecule has 6 rings (SSSR count). The molecule has 34 heavy (non-hydrogen) atoms. The molecular formula is C28H24ClNO4. The maximum Gasteiger partial charge on any atom is 0.335 e. The lowest BCUT2D eigenvalue weighted by atomic mass is 9.88. The van der Waals surface area contributed by atoms with Gasteiger partial charge in [0.05, 0.1) is 22.6 Å². The number of aryl methyl sites for hydroxylation is 1. The van der Waals surface area contributed by atoms with Gasteiger partial charge in [0.15, 0.2) is 0 Å². The zero-order valence-electron chi connectivity index (χ0n) is 18.7. The molecule has 0 aromatic heterocycles. The highest BCUT2D eigenvalue weighted by Crippen LogP contribution is 2.65. The summed E-state index contributed by atoms with van der Waals surface area (Å²) in [6.07, 6.45) is 2.64. The summed E-state index contributed by atoms with van der Waals surface area (Å²) >= 11 is 6.64. The second-order valence-electron chi connectivity index (χ2n) is 9.96. The summed E-state index contributed by atoms with van der Waals surface area (Å²) in [7, 11) is 0. The number of carboxylic acid groups (broad SMARTS) is 1. The minimum atomic E-state index is -0.961. The molecule has 1 amide bonds. The van der Waals surface area contributed by atoms with Gasteiger partial charge in [-0.25, -0.2) is 4.79 Å². The Balaban J connectivity index is 1.38. The van der Waals surface area contributed by atoms with Gasteiger partial charge in [-0.15, -0.1) is 0 Å². The van der Waals surface area contributed by atoms with Gasteiger partial charge >= 0.3 is 5.97 Å². The van der Waals surface area contributed by atoms with Crippen LogP contribution in [-0.2, 0) is 15.6 Å². The molecular weight excluding hydrogens is 450 g/mol. The summed E-state index contributed by atoms with van der Waals surface area (Å²) in [4.78, 5) is 24.8. The third-order valence-corrected chi connectivity index (χ3v) is 8.37.